The lowest BCUT2D eigenvalue weighted by molar-refractivity contribution is -0.245. The first kappa shape index (κ1) is 17.0. The molecule has 122 valence electrons. The lowest BCUT2D eigenvalue weighted by Gasteiger charge is -2.19. The molecule has 0 spiro atoms. The third-order valence-corrected chi connectivity index (χ3v) is 3.18. The fraction of sp³-hybridized carbons (Fsp3) is 0.231. The van der Waals surface area contributed by atoms with Gasteiger partial charge in [-0.05, 0) is 12.1 Å². The van der Waals surface area contributed by atoms with Gasteiger partial charge >= 0.3 is 6.11 Å². The van der Waals surface area contributed by atoms with Crippen molar-refractivity contribution in [2.24, 2.45) is 0 Å². The highest BCUT2D eigenvalue weighted by Gasteiger charge is 2.50. The summed E-state index contributed by atoms with van der Waals surface area (Å²) in [5.41, 5.74) is -0.542. The summed E-state index contributed by atoms with van der Waals surface area (Å²) in [4.78, 5) is 0. The summed E-state index contributed by atoms with van der Waals surface area (Å²) in [7, 11) is 0. The van der Waals surface area contributed by atoms with E-state index in [2.05, 4.69) is 9.11 Å². The average molecular weight is 350 g/mol. The zero-order chi connectivity index (χ0) is 17.0. The monoisotopic (exact) mass is 350 g/mol. The van der Waals surface area contributed by atoms with E-state index < -0.39 is 30.1 Å². The van der Waals surface area contributed by atoms with Gasteiger partial charge in [0, 0.05) is 11.5 Å². The minimum atomic E-state index is -4.84. The second-order valence-corrected chi connectivity index (χ2v) is 4.81. The number of alkyl halides is 5. The molecule has 4 nitrogen and oxygen atoms in total. The maximum absolute atomic E-state index is 13.2. The van der Waals surface area contributed by atoms with Gasteiger partial charge in [0.1, 0.15) is 11.8 Å². The van der Waals surface area contributed by atoms with Crippen LogP contribution in [0.15, 0.2) is 30.3 Å². The number of aromatic nitrogens is 1. The molecule has 0 radical (unpaired) electrons. The molecule has 1 atom stereocenters. The Hall–Kier alpha value is -2.41. The second kappa shape index (κ2) is 6.78. The summed E-state index contributed by atoms with van der Waals surface area (Å²) in [6, 6.07) is 9.53. The Balaban J connectivity index is 2.23. The zero-order valence-electron chi connectivity index (χ0n) is 11.1. The highest BCUT2D eigenvalue weighted by atomic mass is 32.1. The number of rotatable bonds is 6. The van der Waals surface area contributed by atoms with Crippen molar-refractivity contribution >= 4 is 11.5 Å². The molecule has 0 saturated heterocycles. The van der Waals surface area contributed by atoms with E-state index in [0.29, 0.717) is 17.3 Å². The van der Waals surface area contributed by atoms with E-state index >= 15 is 0 Å². The van der Waals surface area contributed by atoms with Crippen LogP contribution in [0.25, 0.3) is 0 Å². The van der Waals surface area contributed by atoms with Gasteiger partial charge in [-0.15, -0.1) is 0 Å². The van der Waals surface area contributed by atoms with Crippen LogP contribution in [0.4, 0.5) is 22.0 Å². The summed E-state index contributed by atoms with van der Waals surface area (Å²) in [5.74, 6) is -0.682. The van der Waals surface area contributed by atoms with Gasteiger partial charge in [-0.25, -0.2) is 13.2 Å². The molecule has 0 fully saturated rings. The van der Waals surface area contributed by atoms with Gasteiger partial charge in [-0.3, -0.25) is 0 Å². The van der Waals surface area contributed by atoms with Gasteiger partial charge in [0.2, 0.25) is 5.06 Å². The van der Waals surface area contributed by atoms with Crippen LogP contribution in [0.3, 0.4) is 0 Å². The average Bonchev–Trinajstić information content (AvgIpc) is 2.88. The zero-order valence-corrected chi connectivity index (χ0v) is 11.9. The van der Waals surface area contributed by atoms with Crippen molar-refractivity contribution in [2.75, 3.05) is 0 Å². The predicted molar refractivity (Wildman–Crippen MR) is 69.8 cm³/mol. The molecular formula is C13H7F5N2O2S. The molecule has 2 aromatic rings. The first-order chi connectivity index (χ1) is 10.8. The molecule has 0 amide bonds. The molecule has 0 N–H and O–H groups in total. The summed E-state index contributed by atoms with van der Waals surface area (Å²) in [6.07, 6.45) is -12.6. The van der Waals surface area contributed by atoms with E-state index in [1.54, 1.807) is 18.2 Å². The van der Waals surface area contributed by atoms with Gasteiger partial charge in [-0.2, -0.15) is 18.4 Å². The summed E-state index contributed by atoms with van der Waals surface area (Å²) < 4.78 is 76.0. The molecule has 2 rings (SSSR count). The van der Waals surface area contributed by atoms with E-state index in [0.717, 1.165) is 0 Å². The lowest BCUT2D eigenvalue weighted by atomic mass is 10.3. The number of nitriles is 1. The van der Waals surface area contributed by atoms with Crippen molar-refractivity contribution in [3.8, 4) is 22.8 Å². The molecule has 1 aromatic carbocycles. The topological polar surface area (TPSA) is 55.1 Å². The van der Waals surface area contributed by atoms with Crippen molar-refractivity contribution in [1.29, 1.82) is 5.26 Å². The number of nitrogens with zero attached hydrogens (tertiary/aromatic N) is 2. The number of para-hydroxylation sites is 1. The summed E-state index contributed by atoms with van der Waals surface area (Å²) in [6.45, 7) is 0. The quantitative estimate of drug-likeness (QED) is 0.726. The molecule has 1 heterocycles. The van der Waals surface area contributed by atoms with E-state index in [9.17, 15) is 22.0 Å². The van der Waals surface area contributed by atoms with E-state index in [4.69, 9.17) is 10.00 Å². The SMILES string of the molecule is N#Cc1c(OC(F)(F)C(F)C(F)F)nsc1Oc1ccccc1. The fourth-order valence-corrected chi connectivity index (χ4v) is 2.07. The van der Waals surface area contributed by atoms with Gasteiger partial charge in [0.15, 0.2) is 5.56 Å². The smallest absolute Gasteiger partial charge is 0.437 e. The van der Waals surface area contributed by atoms with Crippen LogP contribution in [0.5, 0.6) is 16.7 Å². The van der Waals surface area contributed by atoms with Gasteiger partial charge in [0.25, 0.3) is 18.5 Å². The highest BCUT2D eigenvalue weighted by molar-refractivity contribution is 7.08. The molecule has 0 aliphatic carbocycles. The second-order valence-electron chi connectivity index (χ2n) is 4.08. The minimum Gasteiger partial charge on any atom is -0.444 e. The Bertz CT molecular complexity index is 702. The maximum Gasteiger partial charge on any atom is 0.437 e. The molecule has 1 aromatic heterocycles. The van der Waals surface area contributed by atoms with Crippen molar-refractivity contribution in [2.45, 2.75) is 18.7 Å². The third kappa shape index (κ3) is 3.87. The van der Waals surface area contributed by atoms with Crippen molar-refractivity contribution in [3.05, 3.63) is 35.9 Å². The minimum absolute atomic E-state index is 0.183. The van der Waals surface area contributed by atoms with E-state index in [1.807, 2.05) is 0 Å². The van der Waals surface area contributed by atoms with Gasteiger partial charge in [-0.1, -0.05) is 18.2 Å². The van der Waals surface area contributed by atoms with Gasteiger partial charge < -0.3 is 9.47 Å². The number of halogens is 5. The molecule has 0 saturated carbocycles. The lowest BCUT2D eigenvalue weighted by Crippen LogP contribution is -2.41. The number of hydrogen-bond donors (Lipinski definition) is 0. The Morgan fingerprint density at radius 1 is 1.17 bits per heavy atom. The molecule has 23 heavy (non-hydrogen) atoms. The number of hydrogen-bond acceptors (Lipinski definition) is 5. The van der Waals surface area contributed by atoms with Crippen LogP contribution in [-0.2, 0) is 0 Å². The van der Waals surface area contributed by atoms with Gasteiger partial charge in [0.05, 0.1) is 0 Å². The molecular weight excluding hydrogens is 343 g/mol. The molecule has 0 aliphatic heterocycles. The number of benzene rings is 1. The summed E-state index contributed by atoms with van der Waals surface area (Å²) >= 11 is 0.493. The first-order valence-electron chi connectivity index (χ1n) is 5.97. The Kier molecular flexibility index (Phi) is 5.00. The first-order valence-corrected chi connectivity index (χ1v) is 6.74. The Morgan fingerprint density at radius 3 is 2.39 bits per heavy atom. The number of ether oxygens (including phenoxy) is 2. The molecule has 0 aliphatic rings. The van der Waals surface area contributed by atoms with Crippen LogP contribution in [-0.4, -0.2) is 23.1 Å². The largest absolute Gasteiger partial charge is 0.444 e. The Labute approximate surface area is 130 Å². The standard InChI is InChI=1S/C13H7F5N2O2S/c14-9(10(15)16)13(17,18)22-11-8(6-19)12(23-20-11)21-7-4-2-1-3-5-7/h1-5,9-10H. The van der Waals surface area contributed by atoms with Crippen molar-refractivity contribution < 1.29 is 31.4 Å². The highest BCUT2D eigenvalue weighted by Crippen LogP contribution is 2.38. The molecule has 0 bridgehead atoms. The Morgan fingerprint density at radius 2 is 1.83 bits per heavy atom. The van der Waals surface area contributed by atoms with E-state index in [1.165, 1.54) is 18.2 Å². The van der Waals surface area contributed by atoms with Crippen LogP contribution >= 0.6 is 11.5 Å². The maximum atomic E-state index is 13.2. The molecule has 1 unspecified atom stereocenters. The van der Waals surface area contributed by atoms with Crippen molar-refractivity contribution in [3.63, 3.8) is 0 Å². The molecule has 10 heteroatoms. The van der Waals surface area contributed by atoms with Crippen LogP contribution in [0, 0.1) is 11.3 Å². The summed E-state index contributed by atoms with van der Waals surface area (Å²) in [5, 5.41) is 8.80. The van der Waals surface area contributed by atoms with Crippen molar-refractivity contribution in [1.82, 2.24) is 4.37 Å². The van der Waals surface area contributed by atoms with E-state index in [-0.39, 0.29) is 5.06 Å². The van der Waals surface area contributed by atoms with Crippen LogP contribution in [0.2, 0.25) is 0 Å². The normalized spacial score (nSPS) is 12.7. The predicted octanol–water partition coefficient (Wildman–Crippen LogP) is 4.38. The third-order valence-electron chi connectivity index (χ3n) is 2.47. The van der Waals surface area contributed by atoms with Crippen LogP contribution in [0.1, 0.15) is 5.56 Å². The fourth-order valence-electron chi connectivity index (χ4n) is 1.42. The van der Waals surface area contributed by atoms with Crippen LogP contribution < -0.4 is 9.47 Å².